The van der Waals surface area contributed by atoms with E-state index in [1.165, 1.54) is 0 Å². The molecule has 224 valence electrons. The van der Waals surface area contributed by atoms with E-state index in [1.807, 2.05) is 60.9 Å². The number of fused-ring (bicyclic) bond motifs is 1. The average molecular weight is 591 g/mol. The minimum Gasteiger partial charge on any atom is -0.368 e. The van der Waals surface area contributed by atoms with Gasteiger partial charge in [0.05, 0.1) is 23.2 Å². The third-order valence-electron chi connectivity index (χ3n) is 7.21. The molecule has 5 N–H and O–H groups in total. The smallest absolute Gasteiger partial charge is 0.253 e. The molecule has 11 heteroatoms. The van der Waals surface area contributed by atoms with Gasteiger partial charge in [0, 0.05) is 61.8 Å². The minimum atomic E-state index is -0.191. The normalized spacial score (nSPS) is 12.1. The van der Waals surface area contributed by atoms with E-state index >= 15 is 0 Å². The maximum Gasteiger partial charge on any atom is 0.253 e. The Labute approximate surface area is 255 Å². The summed E-state index contributed by atoms with van der Waals surface area (Å²) in [5.41, 5.74) is 12.0. The topological polar surface area (TPSA) is 147 Å². The Morgan fingerprint density at radius 3 is 2.66 bits per heavy atom. The van der Waals surface area contributed by atoms with Crippen LogP contribution in [0.1, 0.15) is 43.1 Å². The Bertz CT molecular complexity index is 1780. The number of benzene rings is 2. The van der Waals surface area contributed by atoms with Crippen molar-refractivity contribution in [2.45, 2.75) is 12.8 Å². The van der Waals surface area contributed by atoms with Crippen molar-refractivity contribution in [1.29, 1.82) is 0 Å². The fourth-order valence-corrected chi connectivity index (χ4v) is 4.93. The quantitative estimate of drug-likeness (QED) is 0.230. The van der Waals surface area contributed by atoms with Crippen LogP contribution in [0.5, 0.6) is 0 Å². The van der Waals surface area contributed by atoms with Gasteiger partial charge >= 0.3 is 0 Å². The summed E-state index contributed by atoms with van der Waals surface area (Å²) >= 11 is 0. The van der Waals surface area contributed by atoms with Crippen LogP contribution in [-0.2, 0) is 24.7 Å². The zero-order valence-electron chi connectivity index (χ0n) is 24.9. The summed E-state index contributed by atoms with van der Waals surface area (Å²) < 4.78 is 1.95. The lowest BCUT2D eigenvalue weighted by molar-refractivity contribution is -0.115. The van der Waals surface area contributed by atoms with Crippen molar-refractivity contribution < 1.29 is 14.4 Å². The maximum absolute atomic E-state index is 12.8. The number of aromatic nitrogens is 3. The number of nitrogen functional groups attached to an aromatic ring is 1. The molecule has 0 saturated heterocycles. The van der Waals surface area contributed by atoms with Crippen LogP contribution < -0.4 is 21.7 Å². The molecule has 0 unspecified atom stereocenters. The van der Waals surface area contributed by atoms with E-state index in [0.29, 0.717) is 46.7 Å². The maximum atomic E-state index is 12.8. The Balaban J connectivity index is 1.27. The summed E-state index contributed by atoms with van der Waals surface area (Å²) in [5.74, 6) is 5.95. The van der Waals surface area contributed by atoms with E-state index in [4.69, 9.17) is 5.73 Å². The molecule has 0 fully saturated rings. The molecule has 5 rings (SSSR count). The van der Waals surface area contributed by atoms with Crippen LogP contribution in [0.15, 0.2) is 60.8 Å². The van der Waals surface area contributed by atoms with Crippen molar-refractivity contribution >= 4 is 29.4 Å². The number of anilines is 2. The molecule has 0 bridgehead atoms. The molecule has 0 radical (unpaired) electrons. The number of nitrogens with one attached hydrogen (secondary N) is 3. The van der Waals surface area contributed by atoms with Crippen molar-refractivity contribution in [2.75, 3.05) is 44.8 Å². The van der Waals surface area contributed by atoms with Gasteiger partial charge < -0.3 is 31.2 Å². The van der Waals surface area contributed by atoms with Gasteiger partial charge in [0.25, 0.3) is 11.8 Å². The number of hydrogen-bond donors (Lipinski definition) is 4. The molecule has 1 aliphatic rings. The predicted octanol–water partition coefficient (Wildman–Crippen LogP) is 2.22. The van der Waals surface area contributed by atoms with E-state index in [-0.39, 0.29) is 30.1 Å². The zero-order chi connectivity index (χ0) is 31.2. The van der Waals surface area contributed by atoms with Crippen molar-refractivity contribution in [2.24, 2.45) is 7.05 Å². The lowest BCUT2D eigenvalue weighted by Gasteiger charge is -2.14. The average Bonchev–Trinajstić information content (AvgIpc) is 3.34. The third kappa shape index (κ3) is 7.11. The Morgan fingerprint density at radius 2 is 1.91 bits per heavy atom. The first kappa shape index (κ1) is 30.0. The molecular weight excluding hydrogens is 556 g/mol. The number of likely N-dealkylation sites (N-methyl/N-ethyl adjacent to an activating group) is 1. The summed E-state index contributed by atoms with van der Waals surface area (Å²) in [6.45, 7) is 1.88. The zero-order valence-corrected chi connectivity index (χ0v) is 24.9. The molecule has 0 saturated carbocycles. The van der Waals surface area contributed by atoms with Crippen LogP contribution in [0.4, 0.5) is 11.6 Å². The molecule has 2 aromatic carbocycles. The number of amides is 3. The second-order valence-corrected chi connectivity index (χ2v) is 10.8. The SMILES string of the molecule is CN(C)CCNC(=O)c1ccc(NC(=O)Cc2cccc(C#Cc3cnc(N)nc3-c3cc4c(n3C)CCNC4=O)c2)cc1. The van der Waals surface area contributed by atoms with Gasteiger partial charge in [-0.2, -0.15) is 0 Å². The second-order valence-electron chi connectivity index (χ2n) is 10.8. The first-order valence-corrected chi connectivity index (χ1v) is 14.2. The van der Waals surface area contributed by atoms with E-state index in [2.05, 4.69) is 37.8 Å². The van der Waals surface area contributed by atoms with Crippen molar-refractivity contribution in [1.82, 2.24) is 30.1 Å². The highest BCUT2D eigenvalue weighted by Crippen LogP contribution is 2.28. The van der Waals surface area contributed by atoms with E-state index in [0.717, 1.165) is 29.9 Å². The summed E-state index contributed by atoms with van der Waals surface area (Å²) in [4.78, 5) is 48.0. The van der Waals surface area contributed by atoms with Crippen LogP contribution in [0, 0.1) is 11.8 Å². The van der Waals surface area contributed by atoms with Gasteiger partial charge in [-0.25, -0.2) is 9.97 Å². The summed E-state index contributed by atoms with van der Waals surface area (Å²) in [6.07, 6.45) is 2.45. The first-order valence-electron chi connectivity index (χ1n) is 14.2. The molecule has 3 heterocycles. The van der Waals surface area contributed by atoms with Gasteiger partial charge in [-0.3, -0.25) is 14.4 Å². The monoisotopic (exact) mass is 590 g/mol. The van der Waals surface area contributed by atoms with Crippen LogP contribution in [-0.4, -0.2) is 70.9 Å². The fourth-order valence-electron chi connectivity index (χ4n) is 4.93. The standard InChI is InChI=1S/C33H34N8O3/c1-40(2)16-15-36-31(43)23-9-11-25(12-10-23)38-29(42)18-22-6-4-5-21(17-22)7-8-24-20-37-33(34)39-30(24)28-19-26-27(41(28)3)13-14-35-32(26)44/h4-6,9-12,17,19-20H,13-16,18H2,1-3H3,(H,35,44)(H,36,43)(H,38,42)(H2,34,37,39). The molecule has 2 aromatic heterocycles. The van der Waals surface area contributed by atoms with E-state index in [9.17, 15) is 14.4 Å². The lowest BCUT2D eigenvalue weighted by Crippen LogP contribution is -2.31. The van der Waals surface area contributed by atoms with Crippen molar-refractivity contribution in [3.63, 3.8) is 0 Å². The van der Waals surface area contributed by atoms with Crippen LogP contribution in [0.2, 0.25) is 0 Å². The second kappa shape index (κ2) is 13.2. The van der Waals surface area contributed by atoms with Gasteiger partial charge in [0.1, 0.15) is 5.69 Å². The van der Waals surface area contributed by atoms with E-state index < -0.39 is 0 Å². The highest BCUT2D eigenvalue weighted by Gasteiger charge is 2.24. The predicted molar refractivity (Wildman–Crippen MR) is 169 cm³/mol. The first-order chi connectivity index (χ1) is 21.2. The van der Waals surface area contributed by atoms with Crippen LogP contribution in [0.25, 0.3) is 11.4 Å². The van der Waals surface area contributed by atoms with Gasteiger partial charge in [0.2, 0.25) is 11.9 Å². The van der Waals surface area contributed by atoms with Crippen LogP contribution in [0.3, 0.4) is 0 Å². The van der Waals surface area contributed by atoms with Crippen molar-refractivity contribution in [3.8, 4) is 23.2 Å². The number of carbonyl (C=O) groups is 3. The number of hydrogen-bond acceptors (Lipinski definition) is 7. The van der Waals surface area contributed by atoms with Gasteiger partial charge in [-0.15, -0.1) is 0 Å². The summed E-state index contributed by atoms with van der Waals surface area (Å²) in [6, 6.07) is 16.0. The molecule has 0 aliphatic carbocycles. The Kier molecular flexibility index (Phi) is 9.02. The van der Waals surface area contributed by atoms with Crippen LogP contribution >= 0.6 is 0 Å². The minimum absolute atomic E-state index is 0.111. The number of carbonyl (C=O) groups excluding carboxylic acids is 3. The highest BCUT2D eigenvalue weighted by atomic mass is 16.2. The molecule has 1 aliphatic heterocycles. The molecule has 0 spiro atoms. The molecular formula is C33H34N8O3. The summed E-state index contributed by atoms with van der Waals surface area (Å²) in [5, 5.41) is 8.62. The summed E-state index contributed by atoms with van der Waals surface area (Å²) in [7, 11) is 5.79. The third-order valence-corrected chi connectivity index (χ3v) is 7.21. The molecule has 4 aromatic rings. The molecule has 44 heavy (non-hydrogen) atoms. The van der Waals surface area contributed by atoms with Gasteiger partial charge in [-0.05, 0) is 62.1 Å². The lowest BCUT2D eigenvalue weighted by atomic mass is 10.1. The Morgan fingerprint density at radius 1 is 1.11 bits per heavy atom. The van der Waals surface area contributed by atoms with E-state index in [1.54, 1.807) is 30.5 Å². The molecule has 3 amide bonds. The number of nitrogens with zero attached hydrogens (tertiary/aromatic N) is 4. The highest BCUT2D eigenvalue weighted by molar-refractivity contribution is 5.98. The molecule has 0 atom stereocenters. The molecule has 11 nitrogen and oxygen atoms in total. The van der Waals surface area contributed by atoms with Gasteiger partial charge in [-0.1, -0.05) is 24.0 Å². The Hall–Kier alpha value is -5.47. The van der Waals surface area contributed by atoms with Gasteiger partial charge in [0.15, 0.2) is 0 Å². The number of rotatable bonds is 8. The fraction of sp³-hybridized carbons (Fsp3) is 0.242. The number of nitrogens with two attached hydrogens (primary N) is 1. The largest absolute Gasteiger partial charge is 0.368 e. The van der Waals surface area contributed by atoms with Crippen molar-refractivity contribution in [3.05, 3.63) is 94.3 Å².